The van der Waals surface area contributed by atoms with E-state index in [0.717, 1.165) is 29.2 Å². The van der Waals surface area contributed by atoms with E-state index in [1.54, 1.807) is 17.1 Å². The standard InChI is InChI=1S/C27H27N7O2/c35-26(29-16-21-4-1-2-12-28-21)25-23-18-32(15-11-24(23)34(31-25)17-19-5-6-19)27(36)20-7-9-22(10-8-20)33-14-3-13-30-33/h1-4,7-10,12-14,19H,5-6,11,15-18H2,(H,29,35). The van der Waals surface area contributed by atoms with E-state index in [0.29, 0.717) is 43.2 Å². The average Bonchev–Trinajstić information content (AvgIpc) is 3.43. The van der Waals surface area contributed by atoms with E-state index in [4.69, 9.17) is 5.10 Å². The summed E-state index contributed by atoms with van der Waals surface area (Å²) in [4.78, 5) is 32.6. The molecule has 3 aromatic heterocycles. The van der Waals surface area contributed by atoms with Crippen molar-refractivity contribution < 1.29 is 9.59 Å². The maximum Gasteiger partial charge on any atom is 0.272 e. The Morgan fingerprint density at radius 1 is 1.03 bits per heavy atom. The minimum atomic E-state index is -0.232. The highest BCUT2D eigenvalue weighted by molar-refractivity contribution is 5.96. The van der Waals surface area contributed by atoms with Crippen molar-refractivity contribution in [1.29, 1.82) is 0 Å². The van der Waals surface area contributed by atoms with Crippen molar-refractivity contribution in [3.05, 3.63) is 95.3 Å². The zero-order valence-corrected chi connectivity index (χ0v) is 19.9. The van der Waals surface area contributed by atoms with Gasteiger partial charge in [-0.2, -0.15) is 10.2 Å². The van der Waals surface area contributed by atoms with Gasteiger partial charge in [-0.1, -0.05) is 6.07 Å². The number of carbonyl (C=O) groups excluding carboxylic acids is 2. The molecule has 1 aromatic carbocycles. The van der Waals surface area contributed by atoms with Crippen LogP contribution in [-0.4, -0.2) is 47.8 Å². The molecule has 1 N–H and O–H groups in total. The molecule has 1 aliphatic carbocycles. The number of hydrogen-bond acceptors (Lipinski definition) is 5. The number of rotatable bonds is 7. The Labute approximate surface area is 208 Å². The van der Waals surface area contributed by atoms with Crippen LogP contribution in [0.15, 0.2) is 67.1 Å². The SMILES string of the molecule is O=C(NCc1ccccn1)c1nn(CC2CC2)c2c1CN(C(=O)c1ccc(-n3cccn3)cc1)CC2. The first-order valence-corrected chi connectivity index (χ1v) is 12.3. The van der Waals surface area contributed by atoms with Crippen molar-refractivity contribution >= 4 is 11.8 Å². The molecule has 6 rings (SSSR count). The molecule has 9 heteroatoms. The maximum absolute atomic E-state index is 13.4. The van der Waals surface area contributed by atoms with Gasteiger partial charge in [-0.05, 0) is 61.2 Å². The van der Waals surface area contributed by atoms with Crippen LogP contribution in [0.2, 0.25) is 0 Å². The Kier molecular flexibility index (Phi) is 5.80. The molecule has 4 heterocycles. The lowest BCUT2D eigenvalue weighted by atomic mass is 10.0. The summed E-state index contributed by atoms with van der Waals surface area (Å²) >= 11 is 0. The molecule has 0 saturated heterocycles. The predicted molar refractivity (Wildman–Crippen MR) is 132 cm³/mol. The van der Waals surface area contributed by atoms with E-state index < -0.39 is 0 Å². The summed E-state index contributed by atoms with van der Waals surface area (Å²) in [5, 5.41) is 11.9. The lowest BCUT2D eigenvalue weighted by Crippen LogP contribution is -2.37. The quantitative estimate of drug-likeness (QED) is 0.438. The average molecular weight is 482 g/mol. The summed E-state index contributed by atoms with van der Waals surface area (Å²) in [5.74, 6) is 0.346. The molecule has 0 spiro atoms. The fourth-order valence-electron chi connectivity index (χ4n) is 4.66. The number of nitrogens with zero attached hydrogens (tertiary/aromatic N) is 6. The first-order chi connectivity index (χ1) is 17.7. The molecule has 0 atom stereocenters. The highest BCUT2D eigenvalue weighted by Gasteiger charge is 2.32. The van der Waals surface area contributed by atoms with Crippen molar-refractivity contribution in [2.45, 2.75) is 38.9 Å². The molecule has 36 heavy (non-hydrogen) atoms. The van der Waals surface area contributed by atoms with Gasteiger partial charge in [0.05, 0.1) is 24.5 Å². The third kappa shape index (κ3) is 4.51. The van der Waals surface area contributed by atoms with Crippen LogP contribution < -0.4 is 5.32 Å². The lowest BCUT2D eigenvalue weighted by molar-refractivity contribution is 0.0730. The summed E-state index contributed by atoms with van der Waals surface area (Å²) in [6.45, 7) is 2.12. The molecule has 9 nitrogen and oxygen atoms in total. The van der Waals surface area contributed by atoms with Crippen molar-refractivity contribution in [1.82, 2.24) is 34.8 Å². The third-order valence-electron chi connectivity index (χ3n) is 6.80. The molecule has 182 valence electrons. The maximum atomic E-state index is 13.4. The van der Waals surface area contributed by atoms with Crippen LogP contribution in [0.1, 0.15) is 50.6 Å². The smallest absolute Gasteiger partial charge is 0.272 e. The Balaban J connectivity index is 1.22. The molecule has 0 unspecified atom stereocenters. The first-order valence-electron chi connectivity index (χ1n) is 12.3. The van der Waals surface area contributed by atoms with E-state index in [1.165, 1.54) is 12.8 Å². The van der Waals surface area contributed by atoms with Crippen molar-refractivity contribution in [2.24, 2.45) is 5.92 Å². The number of amides is 2. The van der Waals surface area contributed by atoms with Crippen LogP contribution in [0.25, 0.3) is 5.69 Å². The monoisotopic (exact) mass is 481 g/mol. The molecule has 1 aliphatic heterocycles. The summed E-state index contributed by atoms with van der Waals surface area (Å²) < 4.78 is 3.76. The molecule has 2 amide bonds. The van der Waals surface area contributed by atoms with Gasteiger partial charge in [-0.3, -0.25) is 19.3 Å². The molecular formula is C27H27N7O2. The highest BCUT2D eigenvalue weighted by Crippen LogP contribution is 2.33. The minimum Gasteiger partial charge on any atom is -0.345 e. The summed E-state index contributed by atoms with van der Waals surface area (Å²) in [6, 6.07) is 14.9. The van der Waals surface area contributed by atoms with E-state index in [1.807, 2.05) is 64.3 Å². The van der Waals surface area contributed by atoms with Gasteiger partial charge in [-0.15, -0.1) is 0 Å². The molecular weight excluding hydrogens is 454 g/mol. The zero-order chi connectivity index (χ0) is 24.5. The summed E-state index contributed by atoms with van der Waals surface area (Å²) in [7, 11) is 0. The van der Waals surface area contributed by atoms with E-state index in [-0.39, 0.29) is 11.8 Å². The van der Waals surface area contributed by atoms with Crippen molar-refractivity contribution in [2.75, 3.05) is 6.54 Å². The van der Waals surface area contributed by atoms with Gasteiger partial charge in [0.1, 0.15) is 0 Å². The molecule has 0 radical (unpaired) electrons. The normalized spacial score (nSPS) is 14.9. The number of fused-ring (bicyclic) bond motifs is 1. The Hall–Kier alpha value is -4.27. The summed E-state index contributed by atoms with van der Waals surface area (Å²) in [6.07, 6.45) is 8.38. The van der Waals surface area contributed by atoms with Crippen LogP contribution in [0.4, 0.5) is 0 Å². The van der Waals surface area contributed by atoms with Crippen LogP contribution >= 0.6 is 0 Å². The van der Waals surface area contributed by atoms with E-state index in [9.17, 15) is 9.59 Å². The lowest BCUT2D eigenvalue weighted by Gasteiger charge is -2.28. The van der Waals surface area contributed by atoms with Gasteiger partial charge < -0.3 is 10.2 Å². The van der Waals surface area contributed by atoms with Gasteiger partial charge in [0.2, 0.25) is 0 Å². The van der Waals surface area contributed by atoms with Crippen molar-refractivity contribution in [3.63, 3.8) is 0 Å². The van der Waals surface area contributed by atoms with Crippen LogP contribution in [-0.2, 0) is 26.1 Å². The van der Waals surface area contributed by atoms with Crippen LogP contribution in [0.5, 0.6) is 0 Å². The molecule has 1 saturated carbocycles. The van der Waals surface area contributed by atoms with Crippen LogP contribution in [0.3, 0.4) is 0 Å². The van der Waals surface area contributed by atoms with E-state index in [2.05, 4.69) is 15.4 Å². The predicted octanol–water partition coefficient (Wildman–Crippen LogP) is 3.00. The Bertz CT molecular complexity index is 1370. The largest absolute Gasteiger partial charge is 0.345 e. The van der Waals surface area contributed by atoms with Gasteiger partial charge in [-0.25, -0.2) is 4.68 Å². The number of carbonyl (C=O) groups is 2. The molecule has 2 aliphatic rings. The number of nitrogens with one attached hydrogen (secondary N) is 1. The van der Waals surface area contributed by atoms with Gasteiger partial charge in [0.15, 0.2) is 5.69 Å². The number of pyridine rings is 1. The topological polar surface area (TPSA) is 97.9 Å². The van der Waals surface area contributed by atoms with E-state index >= 15 is 0 Å². The number of hydrogen-bond donors (Lipinski definition) is 1. The van der Waals surface area contributed by atoms with Gasteiger partial charge in [0, 0.05) is 54.9 Å². The second kappa shape index (κ2) is 9.41. The third-order valence-corrected chi connectivity index (χ3v) is 6.80. The van der Waals surface area contributed by atoms with Gasteiger partial charge in [0.25, 0.3) is 11.8 Å². The van der Waals surface area contributed by atoms with Gasteiger partial charge >= 0.3 is 0 Å². The highest BCUT2D eigenvalue weighted by atomic mass is 16.2. The van der Waals surface area contributed by atoms with Crippen molar-refractivity contribution in [3.8, 4) is 5.69 Å². The minimum absolute atomic E-state index is 0.0533. The second-order valence-corrected chi connectivity index (χ2v) is 9.38. The fourth-order valence-corrected chi connectivity index (χ4v) is 4.66. The zero-order valence-electron chi connectivity index (χ0n) is 19.9. The molecule has 1 fully saturated rings. The molecule has 0 bridgehead atoms. The second-order valence-electron chi connectivity index (χ2n) is 9.38. The van der Waals surface area contributed by atoms with Crippen LogP contribution in [0, 0.1) is 5.92 Å². The number of benzene rings is 1. The first kappa shape index (κ1) is 22.2. The Morgan fingerprint density at radius 2 is 1.89 bits per heavy atom. The number of aromatic nitrogens is 5. The fraction of sp³-hybridized carbons (Fsp3) is 0.296. The molecule has 4 aromatic rings. The summed E-state index contributed by atoms with van der Waals surface area (Å²) in [5.41, 5.74) is 4.62. The Morgan fingerprint density at radius 3 is 2.61 bits per heavy atom.